The third-order valence-electron chi connectivity index (χ3n) is 1.54. The topological polar surface area (TPSA) is 78.6 Å². The summed E-state index contributed by atoms with van der Waals surface area (Å²) < 4.78 is 12.6. The number of fused-ring (bicyclic) bond motifs is 1. The van der Waals surface area contributed by atoms with Gasteiger partial charge < -0.3 is 9.97 Å². The van der Waals surface area contributed by atoms with Crippen LogP contribution in [-0.2, 0) is 0 Å². The van der Waals surface area contributed by atoms with Gasteiger partial charge in [-0.15, -0.1) is 0 Å². The molecule has 0 aromatic carbocycles. The Morgan fingerprint density at radius 1 is 1.23 bits per heavy atom. The van der Waals surface area contributed by atoms with Gasteiger partial charge in [0.15, 0.2) is 5.65 Å². The fourth-order valence-electron chi connectivity index (χ4n) is 0.978. The van der Waals surface area contributed by atoms with Gasteiger partial charge in [0, 0.05) is 6.07 Å². The van der Waals surface area contributed by atoms with Crippen LogP contribution in [0.1, 0.15) is 0 Å². The highest BCUT2D eigenvalue weighted by molar-refractivity contribution is 5.68. The van der Waals surface area contributed by atoms with Crippen LogP contribution in [0.15, 0.2) is 21.9 Å². The summed E-state index contributed by atoms with van der Waals surface area (Å²) in [6, 6.07) is 1.08. The zero-order valence-electron chi connectivity index (χ0n) is 6.30. The number of halogens is 1. The maximum atomic E-state index is 12.6. The Labute approximate surface area is 70.3 Å². The summed E-state index contributed by atoms with van der Waals surface area (Å²) in [6.45, 7) is 0. The average Bonchev–Trinajstić information content (AvgIpc) is 2.08. The molecule has 0 fully saturated rings. The van der Waals surface area contributed by atoms with Crippen LogP contribution < -0.4 is 11.1 Å². The number of nitrogens with one attached hydrogen (secondary N) is 2. The number of aromatic nitrogens is 3. The van der Waals surface area contributed by atoms with E-state index >= 15 is 0 Å². The molecular weight excluding hydrogens is 177 g/mol. The van der Waals surface area contributed by atoms with Crippen molar-refractivity contribution >= 4 is 11.2 Å². The van der Waals surface area contributed by atoms with Crippen molar-refractivity contribution in [2.45, 2.75) is 0 Å². The maximum absolute atomic E-state index is 12.6. The fourth-order valence-corrected chi connectivity index (χ4v) is 0.978. The van der Waals surface area contributed by atoms with Gasteiger partial charge in [0.25, 0.3) is 0 Å². The lowest BCUT2D eigenvalue weighted by molar-refractivity contribution is 0.623. The van der Waals surface area contributed by atoms with Crippen molar-refractivity contribution in [3.8, 4) is 0 Å². The molecule has 0 aliphatic heterocycles. The Bertz CT molecular complexity index is 572. The molecule has 2 aromatic heterocycles. The SMILES string of the molecule is O=c1[nH]c2cc(F)cnc2[nH]c1=O. The minimum atomic E-state index is -0.820. The molecule has 0 saturated carbocycles. The normalized spacial score (nSPS) is 10.5. The zero-order chi connectivity index (χ0) is 9.42. The van der Waals surface area contributed by atoms with Crippen molar-refractivity contribution in [2.75, 3.05) is 0 Å². The predicted octanol–water partition coefficient (Wildman–Crippen LogP) is -0.249. The second-order valence-corrected chi connectivity index (χ2v) is 2.46. The highest BCUT2D eigenvalue weighted by Gasteiger charge is 2.00. The summed E-state index contributed by atoms with van der Waals surface area (Å²) in [6.07, 6.45) is 0.955. The number of pyridine rings is 1. The van der Waals surface area contributed by atoms with Crippen LogP contribution in [0.25, 0.3) is 11.2 Å². The van der Waals surface area contributed by atoms with Crippen LogP contribution in [0.3, 0.4) is 0 Å². The Morgan fingerprint density at radius 2 is 1.92 bits per heavy atom. The van der Waals surface area contributed by atoms with E-state index in [0.717, 1.165) is 12.3 Å². The maximum Gasteiger partial charge on any atom is 0.315 e. The molecule has 0 amide bonds. The molecule has 13 heavy (non-hydrogen) atoms. The molecular formula is C7H4FN3O2. The van der Waals surface area contributed by atoms with Crippen molar-refractivity contribution < 1.29 is 4.39 Å². The summed E-state index contributed by atoms with van der Waals surface area (Å²) in [5.74, 6) is -0.574. The van der Waals surface area contributed by atoms with Crippen LogP contribution in [0.5, 0.6) is 0 Å². The molecule has 6 heteroatoms. The first-order valence-electron chi connectivity index (χ1n) is 3.45. The Hall–Kier alpha value is -1.98. The van der Waals surface area contributed by atoms with E-state index in [1.807, 2.05) is 0 Å². The molecule has 2 N–H and O–H groups in total. The summed E-state index contributed by atoms with van der Waals surface area (Å²) in [7, 11) is 0. The highest BCUT2D eigenvalue weighted by atomic mass is 19.1. The van der Waals surface area contributed by atoms with Gasteiger partial charge in [-0.25, -0.2) is 9.37 Å². The molecule has 0 bridgehead atoms. The molecule has 0 radical (unpaired) electrons. The van der Waals surface area contributed by atoms with Crippen molar-refractivity contribution in [1.82, 2.24) is 15.0 Å². The Balaban J connectivity index is 2.97. The lowest BCUT2D eigenvalue weighted by atomic mass is 10.4. The number of H-pyrrole nitrogens is 2. The molecule has 0 atom stereocenters. The van der Waals surface area contributed by atoms with Gasteiger partial charge in [0.2, 0.25) is 0 Å². The molecule has 0 aliphatic carbocycles. The Kier molecular flexibility index (Phi) is 1.48. The van der Waals surface area contributed by atoms with Crippen molar-refractivity contribution in [1.29, 1.82) is 0 Å². The average molecular weight is 181 g/mol. The van der Waals surface area contributed by atoms with E-state index in [1.165, 1.54) is 0 Å². The summed E-state index contributed by atoms with van der Waals surface area (Å²) in [5, 5.41) is 0. The monoisotopic (exact) mass is 181 g/mol. The molecule has 2 rings (SSSR count). The first-order valence-corrected chi connectivity index (χ1v) is 3.45. The third-order valence-corrected chi connectivity index (χ3v) is 1.54. The van der Waals surface area contributed by atoms with Crippen molar-refractivity contribution in [2.24, 2.45) is 0 Å². The number of aromatic amines is 2. The van der Waals surface area contributed by atoms with Crippen LogP contribution in [-0.4, -0.2) is 15.0 Å². The smallest absolute Gasteiger partial charge is 0.314 e. The minimum Gasteiger partial charge on any atom is -0.314 e. The molecule has 2 aromatic rings. The molecule has 66 valence electrons. The van der Waals surface area contributed by atoms with E-state index in [-0.39, 0.29) is 11.2 Å². The van der Waals surface area contributed by atoms with E-state index in [9.17, 15) is 14.0 Å². The quantitative estimate of drug-likeness (QED) is 0.550. The van der Waals surface area contributed by atoms with Crippen LogP contribution in [0.4, 0.5) is 4.39 Å². The minimum absolute atomic E-state index is 0.158. The van der Waals surface area contributed by atoms with Crippen molar-refractivity contribution in [3.05, 3.63) is 38.8 Å². The van der Waals surface area contributed by atoms with Crippen LogP contribution in [0.2, 0.25) is 0 Å². The lowest BCUT2D eigenvalue weighted by Gasteiger charge is -1.94. The van der Waals surface area contributed by atoms with Gasteiger partial charge in [0.1, 0.15) is 5.82 Å². The molecule has 0 unspecified atom stereocenters. The van der Waals surface area contributed by atoms with Gasteiger partial charge in [-0.05, 0) is 0 Å². The van der Waals surface area contributed by atoms with Gasteiger partial charge in [-0.1, -0.05) is 0 Å². The standard InChI is InChI=1S/C7H4FN3O2/c8-3-1-4-5(9-2-3)11-7(13)6(12)10-4/h1-2H,(H,10,12)(H,9,11,13). The van der Waals surface area contributed by atoms with Crippen molar-refractivity contribution in [3.63, 3.8) is 0 Å². The number of nitrogens with zero attached hydrogens (tertiary/aromatic N) is 1. The molecule has 0 spiro atoms. The molecule has 0 saturated heterocycles. The second-order valence-electron chi connectivity index (χ2n) is 2.46. The molecule has 5 nitrogen and oxygen atoms in total. The summed E-state index contributed by atoms with van der Waals surface area (Å²) >= 11 is 0. The highest BCUT2D eigenvalue weighted by Crippen LogP contribution is 2.02. The van der Waals surface area contributed by atoms with Crippen LogP contribution >= 0.6 is 0 Å². The zero-order valence-corrected chi connectivity index (χ0v) is 6.30. The lowest BCUT2D eigenvalue weighted by Crippen LogP contribution is -2.29. The first-order chi connectivity index (χ1) is 6.16. The molecule has 2 heterocycles. The number of hydrogen-bond acceptors (Lipinski definition) is 3. The van der Waals surface area contributed by atoms with E-state index in [1.54, 1.807) is 0 Å². The number of hydrogen-bond donors (Lipinski definition) is 2. The second kappa shape index (κ2) is 2.51. The van der Waals surface area contributed by atoms with E-state index in [2.05, 4.69) is 15.0 Å². The summed E-state index contributed by atoms with van der Waals surface area (Å²) in [4.78, 5) is 29.6. The first kappa shape index (κ1) is 7.66. The van der Waals surface area contributed by atoms with Gasteiger partial charge >= 0.3 is 11.1 Å². The van der Waals surface area contributed by atoms with E-state index in [4.69, 9.17) is 0 Å². The predicted molar refractivity (Wildman–Crippen MR) is 42.9 cm³/mol. The van der Waals surface area contributed by atoms with Crippen LogP contribution in [0, 0.1) is 5.82 Å². The summed E-state index contributed by atoms with van der Waals surface area (Å²) in [5.41, 5.74) is -1.29. The van der Waals surface area contributed by atoms with E-state index < -0.39 is 16.9 Å². The molecule has 0 aliphatic rings. The number of rotatable bonds is 0. The van der Waals surface area contributed by atoms with Gasteiger partial charge in [-0.3, -0.25) is 9.59 Å². The Morgan fingerprint density at radius 3 is 2.69 bits per heavy atom. The van der Waals surface area contributed by atoms with Gasteiger partial charge in [0.05, 0.1) is 11.7 Å². The van der Waals surface area contributed by atoms with E-state index in [0.29, 0.717) is 0 Å². The largest absolute Gasteiger partial charge is 0.315 e. The van der Waals surface area contributed by atoms with Gasteiger partial charge in [-0.2, -0.15) is 0 Å². The fraction of sp³-hybridized carbons (Fsp3) is 0. The third kappa shape index (κ3) is 1.22.